The Balaban J connectivity index is 1.93. The SMILES string of the molecule is NC1CCOCC1Sc1nncs1. The summed E-state index contributed by atoms with van der Waals surface area (Å²) < 4.78 is 6.33. The second kappa shape index (κ2) is 4.36. The van der Waals surface area contributed by atoms with Gasteiger partial charge in [-0.25, -0.2) is 0 Å². The molecule has 1 aromatic heterocycles. The summed E-state index contributed by atoms with van der Waals surface area (Å²) >= 11 is 3.22. The van der Waals surface area contributed by atoms with Gasteiger partial charge in [-0.15, -0.1) is 10.2 Å². The van der Waals surface area contributed by atoms with Gasteiger partial charge >= 0.3 is 0 Å². The van der Waals surface area contributed by atoms with Gasteiger partial charge in [0.25, 0.3) is 0 Å². The van der Waals surface area contributed by atoms with Gasteiger partial charge < -0.3 is 10.5 Å². The molecular formula is C7H11N3OS2. The van der Waals surface area contributed by atoms with Gasteiger partial charge in [0.2, 0.25) is 0 Å². The molecule has 2 unspecified atom stereocenters. The van der Waals surface area contributed by atoms with Gasteiger partial charge in [0.05, 0.1) is 11.9 Å². The van der Waals surface area contributed by atoms with Crippen molar-refractivity contribution in [2.75, 3.05) is 13.2 Å². The van der Waals surface area contributed by atoms with Crippen molar-refractivity contribution in [3.63, 3.8) is 0 Å². The van der Waals surface area contributed by atoms with E-state index in [1.165, 1.54) is 0 Å². The van der Waals surface area contributed by atoms with Crippen molar-refractivity contribution in [2.45, 2.75) is 22.1 Å². The molecule has 0 aromatic carbocycles. The standard InChI is InChI=1S/C7H11N3OS2/c8-5-1-2-11-3-6(5)13-7-10-9-4-12-7/h4-6H,1-3,8H2. The van der Waals surface area contributed by atoms with Gasteiger partial charge in [-0.3, -0.25) is 0 Å². The zero-order chi connectivity index (χ0) is 9.10. The monoisotopic (exact) mass is 217 g/mol. The van der Waals surface area contributed by atoms with E-state index >= 15 is 0 Å². The van der Waals surface area contributed by atoms with Crippen LogP contribution in [0.5, 0.6) is 0 Å². The Kier molecular flexibility index (Phi) is 3.15. The normalized spacial score (nSPS) is 29.0. The molecule has 0 saturated carbocycles. The number of nitrogens with zero attached hydrogens (tertiary/aromatic N) is 2. The van der Waals surface area contributed by atoms with Crippen molar-refractivity contribution in [2.24, 2.45) is 5.73 Å². The highest BCUT2D eigenvalue weighted by Gasteiger charge is 2.24. The fourth-order valence-corrected chi connectivity index (χ4v) is 3.02. The number of hydrogen-bond donors (Lipinski definition) is 1. The third kappa shape index (κ3) is 2.40. The number of hydrogen-bond acceptors (Lipinski definition) is 6. The van der Waals surface area contributed by atoms with E-state index in [4.69, 9.17) is 10.5 Å². The quantitative estimate of drug-likeness (QED) is 0.792. The van der Waals surface area contributed by atoms with Crippen molar-refractivity contribution >= 4 is 23.1 Å². The van der Waals surface area contributed by atoms with Gasteiger partial charge in [-0.1, -0.05) is 23.1 Å². The first-order chi connectivity index (χ1) is 6.36. The topological polar surface area (TPSA) is 61.0 Å². The maximum absolute atomic E-state index is 5.95. The van der Waals surface area contributed by atoms with Crippen molar-refractivity contribution in [1.82, 2.24) is 10.2 Å². The summed E-state index contributed by atoms with van der Waals surface area (Å²) in [5.74, 6) is 0. The Bertz CT molecular complexity index is 254. The minimum Gasteiger partial charge on any atom is -0.380 e. The molecule has 0 spiro atoms. The van der Waals surface area contributed by atoms with Crippen LogP contribution in [0, 0.1) is 0 Å². The van der Waals surface area contributed by atoms with Gasteiger partial charge in [-0.2, -0.15) is 0 Å². The molecule has 1 fully saturated rings. The van der Waals surface area contributed by atoms with Gasteiger partial charge in [0.15, 0.2) is 4.34 Å². The smallest absolute Gasteiger partial charge is 0.174 e. The largest absolute Gasteiger partial charge is 0.380 e. The van der Waals surface area contributed by atoms with Crippen LogP contribution in [0.2, 0.25) is 0 Å². The van der Waals surface area contributed by atoms with Crippen molar-refractivity contribution in [3.8, 4) is 0 Å². The molecule has 0 bridgehead atoms. The molecule has 0 aliphatic carbocycles. The van der Waals surface area contributed by atoms with E-state index in [9.17, 15) is 0 Å². The zero-order valence-electron chi connectivity index (χ0n) is 7.05. The first-order valence-electron chi connectivity index (χ1n) is 4.12. The van der Waals surface area contributed by atoms with Gasteiger partial charge in [0.1, 0.15) is 5.51 Å². The molecule has 0 amide bonds. The molecule has 2 rings (SSSR count). The molecule has 1 saturated heterocycles. The molecule has 72 valence electrons. The third-order valence-corrected chi connectivity index (χ3v) is 4.08. The van der Waals surface area contributed by atoms with Crippen molar-refractivity contribution < 1.29 is 4.74 Å². The second-order valence-corrected chi connectivity index (χ2v) is 5.21. The van der Waals surface area contributed by atoms with Crippen LogP contribution in [0.3, 0.4) is 0 Å². The summed E-state index contributed by atoms with van der Waals surface area (Å²) in [5, 5.41) is 8.08. The minimum absolute atomic E-state index is 0.225. The van der Waals surface area contributed by atoms with E-state index in [0.29, 0.717) is 5.25 Å². The summed E-state index contributed by atoms with van der Waals surface area (Å²) in [5.41, 5.74) is 7.68. The summed E-state index contributed by atoms with van der Waals surface area (Å²) in [6.07, 6.45) is 0.941. The molecule has 1 aliphatic rings. The van der Waals surface area contributed by atoms with E-state index in [1.807, 2.05) is 0 Å². The molecule has 4 nitrogen and oxygen atoms in total. The highest BCUT2D eigenvalue weighted by Crippen LogP contribution is 2.28. The molecule has 2 atom stereocenters. The molecule has 13 heavy (non-hydrogen) atoms. The summed E-state index contributed by atoms with van der Waals surface area (Å²) in [6, 6.07) is 0.225. The van der Waals surface area contributed by atoms with Crippen LogP contribution in [0.15, 0.2) is 9.85 Å². The van der Waals surface area contributed by atoms with Crippen LogP contribution >= 0.6 is 23.1 Å². The Labute approximate surface area is 84.9 Å². The van der Waals surface area contributed by atoms with Crippen LogP contribution in [-0.4, -0.2) is 34.7 Å². The Morgan fingerprint density at radius 2 is 2.62 bits per heavy atom. The molecule has 2 heterocycles. The third-order valence-electron chi connectivity index (χ3n) is 1.95. The lowest BCUT2D eigenvalue weighted by Crippen LogP contribution is -2.40. The lowest BCUT2D eigenvalue weighted by atomic mass is 10.1. The highest BCUT2D eigenvalue weighted by molar-refractivity contribution is 8.01. The van der Waals surface area contributed by atoms with Crippen molar-refractivity contribution in [3.05, 3.63) is 5.51 Å². The van der Waals surface area contributed by atoms with Crippen molar-refractivity contribution in [1.29, 1.82) is 0 Å². The number of aromatic nitrogens is 2. The first kappa shape index (κ1) is 9.39. The van der Waals surface area contributed by atoms with Crippen LogP contribution in [0.25, 0.3) is 0 Å². The van der Waals surface area contributed by atoms with E-state index in [1.54, 1.807) is 28.6 Å². The predicted molar refractivity (Wildman–Crippen MR) is 53.0 cm³/mol. The fraction of sp³-hybridized carbons (Fsp3) is 0.714. The maximum Gasteiger partial charge on any atom is 0.174 e. The molecule has 0 radical (unpaired) electrons. The number of thioether (sulfide) groups is 1. The summed E-state index contributed by atoms with van der Waals surface area (Å²) in [7, 11) is 0. The Hall–Kier alpha value is -0.170. The van der Waals surface area contributed by atoms with Crippen LogP contribution in [0.1, 0.15) is 6.42 Å². The number of rotatable bonds is 2. The molecule has 1 aromatic rings. The Morgan fingerprint density at radius 3 is 3.31 bits per heavy atom. The van der Waals surface area contributed by atoms with Crippen LogP contribution in [-0.2, 0) is 4.74 Å². The van der Waals surface area contributed by atoms with Crippen LogP contribution in [0.4, 0.5) is 0 Å². The first-order valence-corrected chi connectivity index (χ1v) is 5.88. The van der Waals surface area contributed by atoms with E-state index in [0.717, 1.165) is 24.0 Å². The molecular weight excluding hydrogens is 206 g/mol. The van der Waals surface area contributed by atoms with E-state index < -0.39 is 0 Å². The second-order valence-electron chi connectivity index (χ2n) is 2.89. The summed E-state index contributed by atoms with van der Waals surface area (Å²) in [6.45, 7) is 1.51. The predicted octanol–water partition coefficient (Wildman–Crippen LogP) is 0.746. The zero-order valence-corrected chi connectivity index (χ0v) is 8.68. The molecule has 1 aliphatic heterocycles. The van der Waals surface area contributed by atoms with Gasteiger partial charge in [0, 0.05) is 12.6 Å². The lowest BCUT2D eigenvalue weighted by Gasteiger charge is -2.26. The fourth-order valence-electron chi connectivity index (χ4n) is 1.19. The molecule has 6 heteroatoms. The van der Waals surface area contributed by atoms with E-state index in [2.05, 4.69) is 10.2 Å². The van der Waals surface area contributed by atoms with Gasteiger partial charge in [-0.05, 0) is 6.42 Å². The van der Waals surface area contributed by atoms with E-state index in [-0.39, 0.29) is 6.04 Å². The minimum atomic E-state index is 0.225. The number of ether oxygens (including phenoxy) is 1. The maximum atomic E-state index is 5.95. The molecule has 2 N–H and O–H groups in total. The highest BCUT2D eigenvalue weighted by atomic mass is 32.2. The summed E-state index contributed by atoms with van der Waals surface area (Å²) in [4.78, 5) is 0. The average Bonchev–Trinajstić information content (AvgIpc) is 2.61. The lowest BCUT2D eigenvalue weighted by molar-refractivity contribution is 0.0916. The number of nitrogens with two attached hydrogens (primary N) is 1. The van der Waals surface area contributed by atoms with Crippen LogP contribution < -0.4 is 5.73 Å². The Morgan fingerprint density at radius 1 is 1.69 bits per heavy atom. The average molecular weight is 217 g/mol.